The summed E-state index contributed by atoms with van der Waals surface area (Å²) in [5.41, 5.74) is 1.59. The maximum absolute atomic E-state index is 13.0. The van der Waals surface area contributed by atoms with Crippen molar-refractivity contribution in [1.29, 1.82) is 0 Å². The van der Waals surface area contributed by atoms with Gasteiger partial charge in [-0.2, -0.15) is 0 Å². The second-order valence-electron chi connectivity index (χ2n) is 6.82. The van der Waals surface area contributed by atoms with Crippen molar-refractivity contribution in [1.82, 2.24) is 0 Å². The molecule has 140 valence electrons. The third-order valence-electron chi connectivity index (χ3n) is 5.08. The number of rotatable bonds is 4. The molecule has 4 heteroatoms. The summed E-state index contributed by atoms with van der Waals surface area (Å²) in [5.74, 6) is -0.500. The van der Waals surface area contributed by atoms with Crippen molar-refractivity contribution in [2.24, 2.45) is 0 Å². The Morgan fingerprint density at radius 3 is 1.93 bits per heavy atom. The summed E-state index contributed by atoms with van der Waals surface area (Å²) in [4.78, 5) is 13.0. The van der Waals surface area contributed by atoms with E-state index in [1.165, 1.54) is 0 Å². The topological polar surface area (TPSA) is 46.5 Å². The van der Waals surface area contributed by atoms with Crippen molar-refractivity contribution in [3.05, 3.63) is 118 Å². The van der Waals surface area contributed by atoms with E-state index in [1.807, 2.05) is 78.9 Å². The van der Waals surface area contributed by atoms with Crippen LogP contribution in [0.3, 0.4) is 0 Å². The number of hydrogen-bond donors (Lipinski definition) is 1. The van der Waals surface area contributed by atoms with Crippen LogP contribution in [0.25, 0.3) is 0 Å². The van der Waals surface area contributed by atoms with E-state index < -0.39 is 11.6 Å². The van der Waals surface area contributed by atoms with Gasteiger partial charge in [-0.05, 0) is 11.6 Å². The molecule has 0 fully saturated rings. The number of benzene rings is 3. The zero-order chi connectivity index (χ0) is 19.6. The van der Waals surface area contributed by atoms with E-state index in [1.54, 1.807) is 6.07 Å². The van der Waals surface area contributed by atoms with Crippen molar-refractivity contribution in [2.45, 2.75) is 18.4 Å². The number of aliphatic hydroxyl groups excluding tert-OH is 1. The van der Waals surface area contributed by atoms with Crippen LogP contribution in [0.2, 0.25) is 5.02 Å². The second kappa shape index (κ2) is 7.53. The molecule has 3 aromatic rings. The van der Waals surface area contributed by atoms with Crippen molar-refractivity contribution in [3.8, 4) is 0 Å². The van der Waals surface area contributed by atoms with Gasteiger partial charge in [0.05, 0.1) is 12.0 Å². The molecule has 0 spiro atoms. The quantitative estimate of drug-likeness (QED) is 0.591. The SMILES string of the molecule is O=C1OC(c2ccccc2)(c2ccccc2)CC(O)=C1Cc1ccccc1Cl. The fourth-order valence-corrected chi connectivity index (χ4v) is 3.83. The van der Waals surface area contributed by atoms with Gasteiger partial charge in [-0.3, -0.25) is 0 Å². The van der Waals surface area contributed by atoms with Gasteiger partial charge in [0, 0.05) is 22.6 Å². The molecule has 0 radical (unpaired) electrons. The van der Waals surface area contributed by atoms with E-state index in [9.17, 15) is 9.90 Å². The lowest BCUT2D eigenvalue weighted by Crippen LogP contribution is -2.39. The van der Waals surface area contributed by atoms with Crippen LogP contribution in [-0.4, -0.2) is 11.1 Å². The highest BCUT2D eigenvalue weighted by molar-refractivity contribution is 6.31. The Balaban J connectivity index is 1.79. The van der Waals surface area contributed by atoms with Gasteiger partial charge >= 0.3 is 5.97 Å². The number of halogens is 1. The van der Waals surface area contributed by atoms with Gasteiger partial charge in [0.2, 0.25) is 0 Å². The van der Waals surface area contributed by atoms with Gasteiger partial charge < -0.3 is 9.84 Å². The molecule has 0 bridgehead atoms. The van der Waals surface area contributed by atoms with Gasteiger partial charge in [0.15, 0.2) is 5.60 Å². The van der Waals surface area contributed by atoms with Crippen LogP contribution in [-0.2, 0) is 21.6 Å². The maximum atomic E-state index is 13.0. The van der Waals surface area contributed by atoms with Crippen LogP contribution in [0.15, 0.2) is 96.3 Å². The standard InChI is InChI=1S/C24H19ClO3/c25-21-14-8-7-9-17(21)15-20-22(26)16-24(28-23(20)27,18-10-3-1-4-11-18)19-12-5-2-6-13-19/h1-14,26H,15-16H2. The van der Waals surface area contributed by atoms with E-state index in [4.69, 9.17) is 16.3 Å². The monoisotopic (exact) mass is 390 g/mol. The molecular weight excluding hydrogens is 372 g/mol. The molecule has 0 unspecified atom stereocenters. The predicted molar refractivity (Wildman–Crippen MR) is 109 cm³/mol. The lowest BCUT2D eigenvalue weighted by atomic mass is 9.80. The first-order valence-electron chi connectivity index (χ1n) is 9.09. The smallest absolute Gasteiger partial charge is 0.339 e. The Hall–Kier alpha value is -3.04. The minimum atomic E-state index is -1.06. The normalized spacial score (nSPS) is 16.0. The van der Waals surface area contributed by atoms with Crippen LogP contribution in [0.1, 0.15) is 23.1 Å². The van der Waals surface area contributed by atoms with Crippen LogP contribution in [0.4, 0.5) is 0 Å². The first kappa shape index (κ1) is 18.3. The molecule has 0 aromatic heterocycles. The molecular formula is C24H19ClO3. The molecule has 0 saturated heterocycles. The van der Waals surface area contributed by atoms with Crippen molar-refractivity contribution < 1.29 is 14.6 Å². The molecule has 1 N–H and O–H groups in total. The number of hydrogen-bond acceptors (Lipinski definition) is 3. The Labute approximate surface area is 168 Å². The maximum Gasteiger partial charge on any atom is 0.339 e. The van der Waals surface area contributed by atoms with Crippen molar-refractivity contribution >= 4 is 17.6 Å². The highest BCUT2D eigenvalue weighted by Crippen LogP contribution is 2.43. The summed E-state index contributed by atoms with van der Waals surface area (Å²) >= 11 is 6.23. The van der Waals surface area contributed by atoms with E-state index >= 15 is 0 Å². The Kier molecular flexibility index (Phi) is 4.93. The number of cyclic esters (lactones) is 1. The number of carbonyl (C=O) groups is 1. The average molecular weight is 391 g/mol. The highest BCUT2D eigenvalue weighted by Gasteiger charge is 2.44. The molecule has 4 rings (SSSR count). The first-order chi connectivity index (χ1) is 13.6. The minimum absolute atomic E-state index is 0.0314. The molecule has 1 heterocycles. The third-order valence-corrected chi connectivity index (χ3v) is 5.45. The van der Waals surface area contributed by atoms with E-state index in [0.717, 1.165) is 16.7 Å². The van der Waals surface area contributed by atoms with Crippen molar-refractivity contribution in [3.63, 3.8) is 0 Å². The van der Waals surface area contributed by atoms with Crippen LogP contribution >= 0.6 is 11.6 Å². The van der Waals surface area contributed by atoms with E-state index in [0.29, 0.717) is 5.02 Å². The molecule has 28 heavy (non-hydrogen) atoms. The molecule has 3 nitrogen and oxygen atoms in total. The Morgan fingerprint density at radius 1 is 0.857 bits per heavy atom. The molecule has 0 amide bonds. The average Bonchev–Trinajstić information content (AvgIpc) is 2.73. The summed E-state index contributed by atoms with van der Waals surface area (Å²) < 4.78 is 6.04. The van der Waals surface area contributed by atoms with E-state index in [-0.39, 0.29) is 24.2 Å². The van der Waals surface area contributed by atoms with Crippen LogP contribution in [0, 0.1) is 0 Å². The van der Waals surface area contributed by atoms with Gasteiger partial charge in [-0.1, -0.05) is 90.5 Å². The largest absolute Gasteiger partial charge is 0.512 e. The number of aliphatic hydroxyl groups is 1. The highest BCUT2D eigenvalue weighted by atomic mass is 35.5. The number of esters is 1. The molecule has 1 aliphatic heterocycles. The molecule has 0 atom stereocenters. The van der Waals surface area contributed by atoms with Gasteiger partial charge in [-0.25, -0.2) is 4.79 Å². The van der Waals surface area contributed by atoms with E-state index in [2.05, 4.69) is 0 Å². The Morgan fingerprint density at radius 2 is 1.39 bits per heavy atom. The summed E-state index contributed by atoms with van der Waals surface area (Å²) in [6.45, 7) is 0. The predicted octanol–water partition coefficient (Wildman–Crippen LogP) is 5.59. The zero-order valence-electron chi connectivity index (χ0n) is 15.1. The lowest BCUT2D eigenvalue weighted by molar-refractivity contribution is -0.155. The summed E-state index contributed by atoms with van der Waals surface area (Å²) in [5, 5.41) is 11.4. The summed E-state index contributed by atoms with van der Waals surface area (Å²) in [6, 6.07) is 26.3. The fraction of sp³-hybridized carbons (Fsp3) is 0.125. The van der Waals surface area contributed by atoms with Gasteiger partial charge in [0.1, 0.15) is 5.76 Å². The van der Waals surface area contributed by atoms with Crippen molar-refractivity contribution in [2.75, 3.05) is 0 Å². The molecule has 0 saturated carbocycles. The Bertz CT molecular complexity index is 986. The van der Waals surface area contributed by atoms with Crippen LogP contribution < -0.4 is 0 Å². The third kappa shape index (κ3) is 3.30. The second-order valence-corrected chi connectivity index (χ2v) is 7.23. The molecule has 3 aromatic carbocycles. The van der Waals surface area contributed by atoms with Gasteiger partial charge in [0.25, 0.3) is 0 Å². The number of carbonyl (C=O) groups excluding carboxylic acids is 1. The fourth-order valence-electron chi connectivity index (χ4n) is 3.63. The molecule has 0 aliphatic carbocycles. The molecule has 1 aliphatic rings. The summed E-state index contributed by atoms with van der Waals surface area (Å²) in [7, 11) is 0. The number of ether oxygens (including phenoxy) is 1. The first-order valence-corrected chi connectivity index (χ1v) is 9.47. The lowest BCUT2D eigenvalue weighted by Gasteiger charge is -2.38. The van der Waals surface area contributed by atoms with Crippen LogP contribution in [0.5, 0.6) is 0 Å². The van der Waals surface area contributed by atoms with Gasteiger partial charge in [-0.15, -0.1) is 0 Å². The minimum Gasteiger partial charge on any atom is -0.512 e. The summed E-state index contributed by atoms with van der Waals surface area (Å²) in [6.07, 6.45) is 0.399. The zero-order valence-corrected chi connectivity index (χ0v) is 15.9.